The second kappa shape index (κ2) is 8.06. The van der Waals surface area contributed by atoms with Crippen LogP contribution in [-0.4, -0.2) is 61.8 Å². The zero-order valence-electron chi connectivity index (χ0n) is 10.0. The van der Waals surface area contributed by atoms with E-state index in [4.69, 9.17) is 5.11 Å². The normalized spacial score (nSPS) is 12.5. The van der Waals surface area contributed by atoms with Crippen molar-refractivity contribution in [1.29, 1.82) is 0 Å². The lowest BCUT2D eigenvalue weighted by Crippen LogP contribution is -2.37. The lowest BCUT2D eigenvalue weighted by Gasteiger charge is -2.16. The van der Waals surface area contributed by atoms with Gasteiger partial charge in [0.05, 0.1) is 0 Å². The fourth-order valence-electron chi connectivity index (χ4n) is 1.07. The first-order valence-electron chi connectivity index (χ1n) is 5.15. The van der Waals surface area contributed by atoms with Crippen LogP contribution >= 0.6 is 0 Å². The number of carbonyl (C=O) groups is 2. The Labute approximate surface area is 95.6 Å². The summed E-state index contributed by atoms with van der Waals surface area (Å²) in [4.78, 5) is 23.4. The number of nitrogens with zero attached hydrogens (tertiary/aromatic N) is 1. The maximum Gasteiger partial charge on any atom is 0.329 e. The molecule has 0 aliphatic rings. The largest absolute Gasteiger partial charge is 0.480 e. The van der Waals surface area contributed by atoms with Gasteiger partial charge in [-0.2, -0.15) is 0 Å². The molecule has 0 spiro atoms. The van der Waals surface area contributed by atoms with Crippen molar-refractivity contribution in [2.75, 3.05) is 33.9 Å². The number of carboxylic acid groups (broad SMARTS) is 1. The Hall–Kier alpha value is -1.14. The van der Waals surface area contributed by atoms with Crippen LogP contribution in [0, 0.1) is 0 Å². The van der Waals surface area contributed by atoms with Gasteiger partial charge in [-0.25, -0.2) is 4.79 Å². The molecule has 0 aliphatic heterocycles. The highest BCUT2D eigenvalue weighted by Gasteiger charge is 2.08. The third-order valence-corrected chi connectivity index (χ3v) is 1.88. The molecule has 0 aromatic rings. The van der Waals surface area contributed by atoms with Crippen LogP contribution in [0.25, 0.3) is 0 Å². The van der Waals surface area contributed by atoms with Crippen molar-refractivity contribution in [2.45, 2.75) is 19.4 Å². The first-order chi connectivity index (χ1) is 7.41. The number of amides is 1. The number of hydrogen-bond donors (Lipinski definition) is 2. The number of carboxylic acids is 1. The summed E-state index contributed by atoms with van der Waals surface area (Å²) in [6, 6.07) is 0.0586. The molecular formula is C10H20N2O4. The van der Waals surface area contributed by atoms with Crippen molar-refractivity contribution in [3.05, 3.63) is 0 Å². The van der Waals surface area contributed by atoms with Crippen LogP contribution in [0.5, 0.6) is 0 Å². The topological polar surface area (TPSA) is 78.9 Å². The molecule has 0 bridgehead atoms. The number of rotatable bonds is 8. The molecule has 6 heteroatoms. The maximum absolute atomic E-state index is 11.2. The van der Waals surface area contributed by atoms with Gasteiger partial charge >= 0.3 is 5.97 Å². The predicted molar refractivity (Wildman–Crippen MR) is 59.2 cm³/mol. The SMILES string of the molecule is CC(CCN(C)C)NC(=O)COCC(=O)O. The molecule has 2 N–H and O–H groups in total. The quantitative estimate of drug-likeness (QED) is 0.592. The van der Waals surface area contributed by atoms with Crippen molar-refractivity contribution in [1.82, 2.24) is 10.2 Å². The fourth-order valence-corrected chi connectivity index (χ4v) is 1.07. The summed E-state index contributed by atoms with van der Waals surface area (Å²) in [5.74, 6) is -1.36. The van der Waals surface area contributed by atoms with Crippen LogP contribution in [0.3, 0.4) is 0 Å². The summed E-state index contributed by atoms with van der Waals surface area (Å²) in [5, 5.41) is 11.0. The van der Waals surface area contributed by atoms with Crippen LogP contribution in [0.1, 0.15) is 13.3 Å². The van der Waals surface area contributed by atoms with Gasteiger partial charge in [-0.3, -0.25) is 4.79 Å². The van der Waals surface area contributed by atoms with Crippen LogP contribution < -0.4 is 5.32 Å². The molecule has 0 saturated heterocycles. The Bertz CT molecular complexity index is 231. The average molecular weight is 232 g/mol. The molecule has 1 amide bonds. The molecule has 0 aliphatic carbocycles. The summed E-state index contributed by atoms with van der Waals surface area (Å²) < 4.78 is 4.66. The Kier molecular flexibility index (Phi) is 7.49. The van der Waals surface area contributed by atoms with Gasteiger partial charge in [-0.15, -0.1) is 0 Å². The van der Waals surface area contributed by atoms with Gasteiger partial charge in [-0.1, -0.05) is 0 Å². The number of ether oxygens (including phenoxy) is 1. The zero-order valence-corrected chi connectivity index (χ0v) is 10.0. The van der Waals surface area contributed by atoms with E-state index in [1.165, 1.54) is 0 Å². The van der Waals surface area contributed by atoms with Gasteiger partial charge in [0, 0.05) is 6.04 Å². The van der Waals surface area contributed by atoms with Crippen LogP contribution in [-0.2, 0) is 14.3 Å². The highest BCUT2D eigenvalue weighted by atomic mass is 16.5. The Balaban J connectivity index is 3.58. The molecular weight excluding hydrogens is 212 g/mol. The van der Waals surface area contributed by atoms with Crippen molar-refractivity contribution < 1.29 is 19.4 Å². The second-order valence-corrected chi connectivity index (χ2v) is 3.95. The molecule has 0 heterocycles. The minimum absolute atomic E-state index is 0.0586. The van der Waals surface area contributed by atoms with Crippen LogP contribution in [0.15, 0.2) is 0 Å². The zero-order chi connectivity index (χ0) is 12.6. The van der Waals surface area contributed by atoms with E-state index in [0.717, 1.165) is 13.0 Å². The van der Waals surface area contributed by atoms with Gasteiger partial charge in [0.25, 0.3) is 0 Å². The summed E-state index contributed by atoms with van der Waals surface area (Å²) >= 11 is 0. The lowest BCUT2D eigenvalue weighted by atomic mass is 10.2. The minimum Gasteiger partial charge on any atom is -0.480 e. The number of nitrogens with one attached hydrogen (secondary N) is 1. The van der Waals surface area contributed by atoms with E-state index in [-0.39, 0.29) is 18.6 Å². The van der Waals surface area contributed by atoms with Crippen LogP contribution in [0.4, 0.5) is 0 Å². The fraction of sp³-hybridized carbons (Fsp3) is 0.800. The van der Waals surface area contributed by atoms with E-state index in [9.17, 15) is 9.59 Å². The highest BCUT2D eigenvalue weighted by molar-refractivity contribution is 5.78. The van der Waals surface area contributed by atoms with E-state index < -0.39 is 12.6 Å². The van der Waals surface area contributed by atoms with Crippen molar-refractivity contribution in [3.63, 3.8) is 0 Å². The average Bonchev–Trinajstić information content (AvgIpc) is 2.14. The molecule has 0 aromatic heterocycles. The summed E-state index contributed by atoms with van der Waals surface area (Å²) in [7, 11) is 3.93. The van der Waals surface area contributed by atoms with Gasteiger partial charge in [-0.05, 0) is 34.0 Å². The third-order valence-electron chi connectivity index (χ3n) is 1.88. The molecule has 0 fully saturated rings. The van der Waals surface area contributed by atoms with E-state index in [0.29, 0.717) is 0 Å². The van der Waals surface area contributed by atoms with Gasteiger partial charge in [0.1, 0.15) is 13.2 Å². The molecule has 1 unspecified atom stereocenters. The third kappa shape index (κ3) is 9.42. The molecule has 16 heavy (non-hydrogen) atoms. The monoisotopic (exact) mass is 232 g/mol. The lowest BCUT2D eigenvalue weighted by molar-refractivity contribution is -0.143. The maximum atomic E-state index is 11.2. The molecule has 0 aromatic carbocycles. The minimum atomic E-state index is -1.08. The second-order valence-electron chi connectivity index (χ2n) is 3.95. The summed E-state index contributed by atoms with van der Waals surface area (Å²) in [6.45, 7) is 2.13. The van der Waals surface area contributed by atoms with E-state index in [2.05, 4.69) is 10.1 Å². The molecule has 0 radical (unpaired) electrons. The molecule has 1 atom stereocenters. The Morgan fingerprint density at radius 1 is 1.38 bits per heavy atom. The van der Waals surface area contributed by atoms with E-state index in [1.807, 2.05) is 25.9 Å². The number of aliphatic carboxylic acids is 1. The van der Waals surface area contributed by atoms with Gasteiger partial charge in [0.15, 0.2) is 0 Å². The Morgan fingerprint density at radius 2 is 2.00 bits per heavy atom. The first-order valence-corrected chi connectivity index (χ1v) is 5.15. The standard InChI is InChI=1S/C10H20N2O4/c1-8(4-5-12(2)3)11-9(13)6-16-7-10(14)15/h8H,4-7H2,1-3H3,(H,11,13)(H,14,15). The van der Waals surface area contributed by atoms with Gasteiger partial charge in [0.2, 0.25) is 5.91 Å². The first kappa shape index (κ1) is 14.9. The van der Waals surface area contributed by atoms with Gasteiger partial charge < -0.3 is 20.1 Å². The number of hydrogen-bond acceptors (Lipinski definition) is 4. The predicted octanol–water partition coefficient (Wildman–Crippen LogP) is -0.456. The van der Waals surface area contributed by atoms with E-state index >= 15 is 0 Å². The Morgan fingerprint density at radius 3 is 2.50 bits per heavy atom. The molecule has 6 nitrogen and oxygen atoms in total. The highest BCUT2D eigenvalue weighted by Crippen LogP contribution is 1.92. The van der Waals surface area contributed by atoms with Crippen molar-refractivity contribution >= 4 is 11.9 Å². The van der Waals surface area contributed by atoms with Crippen molar-refractivity contribution in [3.8, 4) is 0 Å². The van der Waals surface area contributed by atoms with E-state index in [1.54, 1.807) is 0 Å². The smallest absolute Gasteiger partial charge is 0.329 e. The molecule has 94 valence electrons. The van der Waals surface area contributed by atoms with Crippen LogP contribution in [0.2, 0.25) is 0 Å². The number of carbonyl (C=O) groups excluding carboxylic acids is 1. The van der Waals surface area contributed by atoms with Crippen molar-refractivity contribution in [2.24, 2.45) is 0 Å². The molecule has 0 saturated carbocycles. The summed E-state index contributed by atoms with van der Waals surface area (Å²) in [6.07, 6.45) is 0.845. The summed E-state index contributed by atoms with van der Waals surface area (Å²) in [5.41, 5.74) is 0. The molecule has 0 rings (SSSR count).